The second-order valence-corrected chi connectivity index (χ2v) is 6.32. The van der Waals surface area contributed by atoms with Crippen molar-refractivity contribution in [3.05, 3.63) is 0 Å². The summed E-state index contributed by atoms with van der Waals surface area (Å²) in [5.74, 6) is 0.793. The van der Waals surface area contributed by atoms with Gasteiger partial charge in [-0.2, -0.15) is 0 Å². The maximum absolute atomic E-state index is 12.1. The molecule has 1 heterocycles. The van der Waals surface area contributed by atoms with Crippen LogP contribution in [-0.2, 0) is 4.74 Å². The van der Waals surface area contributed by atoms with Crippen LogP contribution in [0.1, 0.15) is 47.0 Å². The van der Waals surface area contributed by atoms with E-state index in [4.69, 9.17) is 4.74 Å². The number of hydrogen-bond acceptors (Lipinski definition) is 3. The zero-order valence-corrected chi connectivity index (χ0v) is 14.0. The van der Waals surface area contributed by atoms with E-state index in [0.717, 1.165) is 32.4 Å². The summed E-state index contributed by atoms with van der Waals surface area (Å²) < 4.78 is 5.68. The number of ether oxygens (including phenoxy) is 1. The van der Waals surface area contributed by atoms with Crippen molar-refractivity contribution in [3.63, 3.8) is 0 Å². The minimum absolute atomic E-state index is 0.0121. The summed E-state index contributed by atoms with van der Waals surface area (Å²) in [5.41, 5.74) is 0. The predicted molar refractivity (Wildman–Crippen MR) is 84.2 cm³/mol. The number of carbonyl (C=O) groups excluding carboxylic acids is 1. The van der Waals surface area contributed by atoms with Gasteiger partial charge in [-0.1, -0.05) is 13.8 Å². The minimum Gasteiger partial charge on any atom is -0.393 e. The molecule has 0 aliphatic carbocycles. The first-order chi connectivity index (χ1) is 9.95. The zero-order valence-electron chi connectivity index (χ0n) is 14.0. The number of nitrogens with one attached hydrogen (secondary N) is 1. The Morgan fingerprint density at radius 2 is 1.95 bits per heavy atom. The first-order valence-electron chi connectivity index (χ1n) is 8.28. The fraction of sp³-hybridized carbons (Fsp3) is 0.938. The molecule has 5 nitrogen and oxygen atoms in total. The molecule has 0 aromatic heterocycles. The third kappa shape index (κ3) is 6.22. The Morgan fingerprint density at radius 3 is 2.43 bits per heavy atom. The van der Waals surface area contributed by atoms with Crippen LogP contribution < -0.4 is 5.32 Å². The second-order valence-electron chi connectivity index (χ2n) is 6.32. The van der Waals surface area contributed by atoms with Crippen LogP contribution in [0.5, 0.6) is 0 Å². The van der Waals surface area contributed by atoms with E-state index in [9.17, 15) is 9.90 Å². The monoisotopic (exact) mass is 300 g/mol. The highest BCUT2D eigenvalue weighted by atomic mass is 16.5. The molecule has 2 amide bonds. The third-order valence-electron chi connectivity index (χ3n) is 4.34. The van der Waals surface area contributed by atoms with Crippen LogP contribution in [0.25, 0.3) is 0 Å². The van der Waals surface area contributed by atoms with Gasteiger partial charge in [0.15, 0.2) is 0 Å². The SMILES string of the molecule is CCOC(CCNC(=O)N1CCC(C(C)O)CC1)C(C)C. The van der Waals surface area contributed by atoms with Crippen molar-refractivity contribution in [2.75, 3.05) is 26.2 Å². The van der Waals surface area contributed by atoms with Crippen molar-refractivity contribution < 1.29 is 14.6 Å². The van der Waals surface area contributed by atoms with E-state index in [-0.39, 0.29) is 18.2 Å². The quantitative estimate of drug-likeness (QED) is 0.758. The molecule has 0 radical (unpaired) electrons. The number of carbonyl (C=O) groups is 1. The number of hydrogen-bond donors (Lipinski definition) is 2. The number of amides is 2. The summed E-state index contributed by atoms with van der Waals surface area (Å²) in [6.45, 7) is 11.0. The predicted octanol–water partition coefficient (Wildman–Crippen LogP) is 2.24. The van der Waals surface area contributed by atoms with Gasteiger partial charge in [-0.15, -0.1) is 0 Å². The van der Waals surface area contributed by atoms with Crippen molar-refractivity contribution in [2.24, 2.45) is 11.8 Å². The van der Waals surface area contributed by atoms with Crippen LogP contribution in [-0.4, -0.2) is 54.5 Å². The molecule has 21 heavy (non-hydrogen) atoms. The molecule has 1 saturated heterocycles. The van der Waals surface area contributed by atoms with E-state index in [1.54, 1.807) is 0 Å². The van der Waals surface area contributed by atoms with Gasteiger partial charge in [0.1, 0.15) is 0 Å². The zero-order chi connectivity index (χ0) is 15.8. The minimum atomic E-state index is -0.270. The maximum atomic E-state index is 12.1. The van der Waals surface area contributed by atoms with Gasteiger partial charge in [0.25, 0.3) is 0 Å². The second kappa shape index (κ2) is 9.26. The molecule has 1 fully saturated rings. The average molecular weight is 300 g/mol. The molecule has 0 aromatic rings. The number of urea groups is 1. The van der Waals surface area contributed by atoms with Crippen molar-refractivity contribution >= 4 is 6.03 Å². The lowest BCUT2D eigenvalue weighted by atomic mass is 9.92. The van der Waals surface area contributed by atoms with Crippen molar-refractivity contribution in [1.29, 1.82) is 0 Å². The van der Waals surface area contributed by atoms with Crippen LogP contribution in [0, 0.1) is 11.8 Å². The summed E-state index contributed by atoms with van der Waals surface area (Å²) in [5, 5.41) is 12.6. The summed E-state index contributed by atoms with van der Waals surface area (Å²) >= 11 is 0. The Bertz CT molecular complexity index is 300. The lowest BCUT2D eigenvalue weighted by Gasteiger charge is -2.33. The van der Waals surface area contributed by atoms with Gasteiger partial charge in [-0.05, 0) is 44.9 Å². The highest BCUT2D eigenvalue weighted by Gasteiger charge is 2.25. The van der Waals surface area contributed by atoms with Gasteiger partial charge in [0.05, 0.1) is 12.2 Å². The van der Waals surface area contributed by atoms with Gasteiger partial charge in [0.2, 0.25) is 0 Å². The number of rotatable bonds is 7. The van der Waals surface area contributed by atoms with E-state index in [1.165, 1.54) is 0 Å². The lowest BCUT2D eigenvalue weighted by Crippen LogP contribution is -2.46. The average Bonchev–Trinajstić information content (AvgIpc) is 2.46. The first-order valence-corrected chi connectivity index (χ1v) is 8.28. The molecule has 2 unspecified atom stereocenters. The molecule has 0 saturated carbocycles. The lowest BCUT2D eigenvalue weighted by molar-refractivity contribution is 0.0251. The molecule has 1 aliphatic rings. The molecule has 0 bridgehead atoms. The fourth-order valence-corrected chi connectivity index (χ4v) is 2.84. The summed E-state index contributed by atoms with van der Waals surface area (Å²) in [4.78, 5) is 13.9. The summed E-state index contributed by atoms with van der Waals surface area (Å²) in [7, 11) is 0. The Balaban J connectivity index is 2.25. The van der Waals surface area contributed by atoms with E-state index in [2.05, 4.69) is 19.2 Å². The molecule has 1 aliphatic heterocycles. The van der Waals surface area contributed by atoms with Crippen LogP contribution >= 0.6 is 0 Å². The molecular formula is C16H32N2O3. The fourth-order valence-electron chi connectivity index (χ4n) is 2.84. The first kappa shape index (κ1) is 18.2. The molecule has 0 aromatic carbocycles. The molecule has 5 heteroatoms. The number of aliphatic hydroxyl groups excluding tert-OH is 1. The van der Waals surface area contributed by atoms with Crippen LogP contribution in [0.3, 0.4) is 0 Å². The van der Waals surface area contributed by atoms with E-state index < -0.39 is 0 Å². The number of likely N-dealkylation sites (tertiary alicyclic amines) is 1. The highest BCUT2D eigenvalue weighted by Crippen LogP contribution is 2.20. The summed E-state index contributed by atoms with van der Waals surface area (Å²) in [6.07, 6.45) is 2.56. The number of nitrogens with zero attached hydrogens (tertiary/aromatic N) is 1. The smallest absolute Gasteiger partial charge is 0.317 e. The van der Waals surface area contributed by atoms with Crippen LogP contribution in [0.15, 0.2) is 0 Å². The standard InChI is InChI=1S/C16H32N2O3/c1-5-21-15(12(2)3)6-9-17-16(20)18-10-7-14(8-11-18)13(4)19/h12-15,19H,5-11H2,1-4H3,(H,17,20). The maximum Gasteiger partial charge on any atom is 0.317 e. The topological polar surface area (TPSA) is 61.8 Å². The van der Waals surface area contributed by atoms with Gasteiger partial charge in [0, 0.05) is 26.2 Å². The van der Waals surface area contributed by atoms with Gasteiger partial charge >= 0.3 is 6.03 Å². The number of aliphatic hydroxyl groups is 1. The van der Waals surface area contributed by atoms with E-state index >= 15 is 0 Å². The van der Waals surface area contributed by atoms with Crippen molar-refractivity contribution in [1.82, 2.24) is 10.2 Å². The van der Waals surface area contributed by atoms with Crippen molar-refractivity contribution in [2.45, 2.75) is 59.2 Å². The normalized spacial score (nSPS) is 19.6. The Hall–Kier alpha value is -0.810. The molecule has 1 rings (SSSR count). The molecule has 0 spiro atoms. The molecular weight excluding hydrogens is 268 g/mol. The Labute approximate surface area is 129 Å². The Morgan fingerprint density at radius 1 is 1.33 bits per heavy atom. The highest BCUT2D eigenvalue weighted by molar-refractivity contribution is 5.74. The van der Waals surface area contributed by atoms with Gasteiger partial charge in [-0.25, -0.2) is 4.79 Å². The van der Waals surface area contributed by atoms with E-state index in [0.29, 0.717) is 25.0 Å². The molecule has 2 N–H and O–H groups in total. The summed E-state index contributed by atoms with van der Waals surface area (Å²) in [6, 6.07) is 0.0121. The third-order valence-corrected chi connectivity index (χ3v) is 4.34. The van der Waals surface area contributed by atoms with Crippen LogP contribution in [0.2, 0.25) is 0 Å². The largest absolute Gasteiger partial charge is 0.393 e. The van der Waals surface area contributed by atoms with E-state index in [1.807, 2.05) is 18.7 Å². The Kier molecular flexibility index (Phi) is 8.04. The molecule has 124 valence electrons. The van der Waals surface area contributed by atoms with Gasteiger partial charge < -0.3 is 20.1 Å². The van der Waals surface area contributed by atoms with Gasteiger partial charge in [-0.3, -0.25) is 0 Å². The number of piperidine rings is 1. The van der Waals surface area contributed by atoms with Crippen LogP contribution in [0.4, 0.5) is 4.79 Å². The molecule has 2 atom stereocenters. The van der Waals surface area contributed by atoms with Crippen molar-refractivity contribution in [3.8, 4) is 0 Å².